The van der Waals surface area contributed by atoms with Gasteiger partial charge in [0.2, 0.25) is 0 Å². The first-order chi connectivity index (χ1) is 9.96. The number of hydrogen-bond donors (Lipinski definition) is 1. The molecule has 118 valence electrons. The number of ether oxygens (including phenoxy) is 2. The van der Waals surface area contributed by atoms with E-state index in [1.54, 1.807) is 43.0 Å². The number of benzene rings is 1. The Balaban J connectivity index is 3.05. The lowest BCUT2D eigenvalue weighted by Crippen LogP contribution is -2.35. The van der Waals surface area contributed by atoms with Gasteiger partial charge in [-0.3, -0.25) is 4.79 Å². The molecule has 0 saturated heterocycles. The zero-order valence-corrected chi connectivity index (χ0v) is 14.1. The highest BCUT2D eigenvalue weighted by Crippen LogP contribution is 2.32. The van der Waals surface area contributed by atoms with Crippen LogP contribution in [0.1, 0.15) is 23.7 Å². The molecule has 2 N–H and O–H groups in total. The molecule has 0 radical (unpaired) electrons. The number of carbonyl (C=O) groups excluding carboxylic acids is 1. The third-order valence-electron chi connectivity index (χ3n) is 3.52. The maximum absolute atomic E-state index is 12.6. The third-order valence-corrected chi connectivity index (χ3v) is 4.17. The number of hydrogen-bond acceptors (Lipinski definition) is 5. The molecule has 5 nitrogen and oxygen atoms in total. The minimum absolute atomic E-state index is 0.127. The minimum atomic E-state index is -0.127. The van der Waals surface area contributed by atoms with E-state index in [0.717, 1.165) is 12.2 Å². The molecule has 0 aliphatic heterocycles. The van der Waals surface area contributed by atoms with Crippen LogP contribution in [0.5, 0.6) is 11.5 Å². The van der Waals surface area contributed by atoms with Crippen LogP contribution in [0.4, 0.5) is 5.69 Å². The number of methoxy groups -OCH3 is 2. The molecule has 0 bridgehead atoms. The van der Waals surface area contributed by atoms with Crippen molar-refractivity contribution in [3.63, 3.8) is 0 Å². The maximum Gasteiger partial charge on any atom is 0.256 e. The predicted octanol–water partition coefficient (Wildman–Crippen LogP) is 2.50. The lowest BCUT2D eigenvalue weighted by Gasteiger charge is -2.26. The van der Waals surface area contributed by atoms with Gasteiger partial charge < -0.3 is 20.1 Å². The van der Waals surface area contributed by atoms with Gasteiger partial charge in [0.25, 0.3) is 5.91 Å². The molecule has 1 unspecified atom stereocenters. The number of amides is 1. The molecule has 1 amide bonds. The summed E-state index contributed by atoms with van der Waals surface area (Å²) in [6.07, 6.45) is 2.99. The molecular formula is C15H24N2O3S. The second kappa shape index (κ2) is 8.02. The van der Waals surface area contributed by atoms with Crippen molar-refractivity contribution < 1.29 is 14.3 Å². The Morgan fingerprint density at radius 3 is 2.57 bits per heavy atom. The summed E-state index contributed by atoms with van der Waals surface area (Å²) in [4.78, 5) is 14.3. The van der Waals surface area contributed by atoms with Gasteiger partial charge in [-0.15, -0.1) is 0 Å². The van der Waals surface area contributed by atoms with E-state index < -0.39 is 0 Å². The minimum Gasteiger partial charge on any atom is -0.497 e. The molecule has 0 spiro atoms. The average Bonchev–Trinajstić information content (AvgIpc) is 2.51. The Bertz CT molecular complexity index is 494. The summed E-state index contributed by atoms with van der Waals surface area (Å²) in [7, 11) is 4.85. The third kappa shape index (κ3) is 4.20. The lowest BCUT2D eigenvalue weighted by molar-refractivity contribution is 0.0742. The number of carbonyl (C=O) groups is 1. The van der Waals surface area contributed by atoms with Crippen LogP contribution in [-0.4, -0.2) is 50.1 Å². The van der Waals surface area contributed by atoms with Gasteiger partial charge in [0, 0.05) is 19.2 Å². The van der Waals surface area contributed by atoms with Gasteiger partial charge in [-0.05, 0) is 31.4 Å². The normalized spacial score (nSPS) is 11.9. The van der Waals surface area contributed by atoms with Crippen molar-refractivity contribution in [1.29, 1.82) is 0 Å². The van der Waals surface area contributed by atoms with E-state index in [0.29, 0.717) is 22.7 Å². The summed E-state index contributed by atoms with van der Waals surface area (Å²) in [6.45, 7) is 2.03. The van der Waals surface area contributed by atoms with Crippen LogP contribution >= 0.6 is 11.8 Å². The number of nitrogens with two attached hydrogens (primary N) is 1. The fourth-order valence-electron chi connectivity index (χ4n) is 1.94. The van der Waals surface area contributed by atoms with Crippen LogP contribution in [-0.2, 0) is 0 Å². The molecule has 6 heteroatoms. The van der Waals surface area contributed by atoms with Crippen LogP contribution in [0.3, 0.4) is 0 Å². The monoisotopic (exact) mass is 312 g/mol. The first-order valence-electron chi connectivity index (χ1n) is 6.73. The first-order valence-corrected chi connectivity index (χ1v) is 8.13. The Morgan fingerprint density at radius 1 is 1.38 bits per heavy atom. The molecule has 21 heavy (non-hydrogen) atoms. The summed E-state index contributed by atoms with van der Waals surface area (Å²) >= 11 is 1.77. The number of nitrogen functional groups attached to an aromatic ring is 1. The predicted molar refractivity (Wildman–Crippen MR) is 88.5 cm³/mol. The molecule has 1 aromatic rings. The zero-order chi connectivity index (χ0) is 16.0. The zero-order valence-electron chi connectivity index (χ0n) is 13.3. The highest BCUT2D eigenvalue weighted by atomic mass is 32.2. The van der Waals surface area contributed by atoms with Crippen LogP contribution in [0.15, 0.2) is 12.1 Å². The number of thioether (sulfide) groups is 1. The molecule has 1 rings (SSSR count). The largest absolute Gasteiger partial charge is 0.497 e. The van der Waals surface area contributed by atoms with Crippen molar-refractivity contribution >= 4 is 23.4 Å². The van der Waals surface area contributed by atoms with Gasteiger partial charge in [-0.1, -0.05) is 0 Å². The first kappa shape index (κ1) is 17.5. The smallest absolute Gasteiger partial charge is 0.256 e. The maximum atomic E-state index is 12.6. The van der Waals surface area contributed by atoms with E-state index in [1.807, 2.05) is 6.92 Å². The van der Waals surface area contributed by atoms with Crippen LogP contribution in [0.2, 0.25) is 0 Å². The van der Waals surface area contributed by atoms with Gasteiger partial charge >= 0.3 is 0 Å². The Labute approximate surface area is 130 Å². The Morgan fingerprint density at radius 2 is 2.05 bits per heavy atom. The van der Waals surface area contributed by atoms with Crippen LogP contribution in [0.25, 0.3) is 0 Å². The molecule has 0 fully saturated rings. The lowest BCUT2D eigenvalue weighted by atomic mass is 10.1. The molecule has 0 saturated carbocycles. The molecule has 1 atom stereocenters. The van der Waals surface area contributed by atoms with E-state index >= 15 is 0 Å². The van der Waals surface area contributed by atoms with Gasteiger partial charge in [0.15, 0.2) is 0 Å². The highest BCUT2D eigenvalue weighted by Gasteiger charge is 2.22. The van der Waals surface area contributed by atoms with E-state index in [9.17, 15) is 4.79 Å². The number of anilines is 1. The number of nitrogens with zero attached hydrogens (tertiary/aromatic N) is 1. The molecule has 0 aliphatic carbocycles. The van der Waals surface area contributed by atoms with E-state index in [2.05, 4.69) is 6.26 Å². The quantitative estimate of drug-likeness (QED) is 0.784. The Hall–Kier alpha value is -1.56. The molecule has 0 heterocycles. The van der Waals surface area contributed by atoms with E-state index in [4.69, 9.17) is 15.2 Å². The van der Waals surface area contributed by atoms with Crippen LogP contribution < -0.4 is 15.2 Å². The summed E-state index contributed by atoms with van der Waals surface area (Å²) in [5, 5.41) is 0. The van der Waals surface area contributed by atoms with E-state index in [1.165, 1.54) is 7.11 Å². The fraction of sp³-hybridized carbons (Fsp3) is 0.533. The summed E-state index contributed by atoms with van der Waals surface area (Å²) in [5.41, 5.74) is 6.77. The second-order valence-corrected chi connectivity index (χ2v) is 5.82. The number of rotatable bonds is 7. The highest BCUT2D eigenvalue weighted by molar-refractivity contribution is 7.98. The van der Waals surface area contributed by atoms with Crippen molar-refractivity contribution in [3.8, 4) is 11.5 Å². The van der Waals surface area contributed by atoms with Gasteiger partial charge in [-0.25, -0.2) is 0 Å². The molecule has 0 aromatic heterocycles. The van der Waals surface area contributed by atoms with Crippen molar-refractivity contribution in [2.24, 2.45) is 0 Å². The van der Waals surface area contributed by atoms with Crippen molar-refractivity contribution in [3.05, 3.63) is 17.7 Å². The average molecular weight is 312 g/mol. The van der Waals surface area contributed by atoms with Gasteiger partial charge in [0.1, 0.15) is 11.5 Å². The molecule has 1 aromatic carbocycles. The second-order valence-electron chi connectivity index (χ2n) is 4.84. The van der Waals surface area contributed by atoms with Gasteiger partial charge in [0.05, 0.1) is 25.5 Å². The SMILES string of the molecule is COc1cc(OC)c(N)c(C(=O)N(C)C(C)CCSC)c1. The molecule has 0 aliphatic rings. The fourth-order valence-corrected chi connectivity index (χ4v) is 2.51. The standard InChI is InChI=1S/C15H24N2O3S/c1-10(6-7-21-5)17(2)15(18)12-8-11(19-3)9-13(20-4)14(12)16/h8-10H,6-7,16H2,1-5H3. The van der Waals surface area contributed by atoms with Gasteiger partial charge in [-0.2, -0.15) is 11.8 Å². The molecular weight excluding hydrogens is 288 g/mol. The van der Waals surface area contributed by atoms with Crippen molar-refractivity contribution in [2.45, 2.75) is 19.4 Å². The van der Waals surface area contributed by atoms with Crippen molar-refractivity contribution in [2.75, 3.05) is 39.0 Å². The van der Waals surface area contributed by atoms with Crippen molar-refractivity contribution in [1.82, 2.24) is 4.90 Å². The topological polar surface area (TPSA) is 64.8 Å². The summed E-state index contributed by atoms with van der Waals surface area (Å²) < 4.78 is 10.4. The van der Waals surface area contributed by atoms with Crippen LogP contribution in [0, 0.1) is 0 Å². The summed E-state index contributed by atoms with van der Waals surface area (Å²) in [5.74, 6) is 1.88. The van der Waals surface area contributed by atoms with E-state index in [-0.39, 0.29) is 11.9 Å². The Kier molecular flexibility index (Phi) is 6.68. The summed E-state index contributed by atoms with van der Waals surface area (Å²) in [6, 6.07) is 3.46.